The molecule has 3 heterocycles. The van der Waals surface area contributed by atoms with Gasteiger partial charge >= 0.3 is 6.18 Å². The number of rotatable bonds is 3. The maximum atomic E-state index is 12.5. The average molecular weight is 397 g/mol. The maximum absolute atomic E-state index is 12.5. The quantitative estimate of drug-likeness (QED) is 0.791. The highest BCUT2D eigenvalue weighted by molar-refractivity contribution is 7.12. The monoisotopic (exact) mass is 397 g/mol. The van der Waals surface area contributed by atoms with Crippen molar-refractivity contribution in [3.63, 3.8) is 0 Å². The lowest BCUT2D eigenvalue weighted by Crippen LogP contribution is -2.34. The zero-order chi connectivity index (χ0) is 19.2. The number of hydrogen-bond donors (Lipinski definition) is 1. The van der Waals surface area contributed by atoms with Crippen LogP contribution in [-0.4, -0.2) is 29.8 Å². The van der Waals surface area contributed by atoms with Crippen LogP contribution in [0.1, 0.15) is 45.3 Å². The van der Waals surface area contributed by atoms with Gasteiger partial charge in [-0.05, 0) is 60.6 Å². The van der Waals surface area contributed by atoms with Crippen LogP contribution in [-0.2, 0) is 25.8 Å². The number of alkyl halides is 3. The van der Waals surface area contributed by atoms with Gasteiger partial charge in [-0.2, -0.15) is 13.2 Å². The molecule has 0 unspecified atom stereocenters. The Bertz CT molecular complexity index is 846. The van der Waals surface area contributed by atoms with Gasteiger partial charge in [-0.1, -0.05) is 0 Å². The van der Waals surface area contributed by atoms with Crippen molar-refractivity contribution in [2.24, 2.45) is 0 Å². The van der Waals surface area contributed by atoms with Crippen molar-refractivity contribution in [3.8, 4) is 11.5 Å². The van der Waals surface area contributed by atoms with E-state index in [1.54, 1.807) is 7.11 Å². The summed E-state index contributed by atoms with van der Waals surface area (Å²) in [4.78, 5) is 4.43. The SMILES string of the molecule is COc1cc2c(cc1O)[C@@H]1CCc3sc(CCC(F)(F)F)cc3CN1CC2. The Labute approximate surface area is 160 Å². The Hall–Kier alpha value is -1.73. The largest absolute Gasteiger partial charge is 0.504 e. The molecular weight excluding hydrogens is 375 g/mol. The third-order valence-corrected chi connectivity index (χ3v) is 6.83. The van der Waals surface area contributed by atoms with E-state index in [2.05, 4.69) is 4.90 Å². The molecular formula is C20H22F3NO2S. The Morgan fingerprint density at radius 2 is 2.04 bits per heavy atom. The van der Waals surface area contributed by atoms with Crippen molar-refractivity contribution in [2.75, 3.05) is 13.7 Å². The molecule has 0 spiro atoms. The molecule has 0 saturated carbocycles. The first-order chi connectivity index (χ1) is 12.8. The number of nitrogens with zero attached hydrogens (tertiary/aromatic N) is 1. The van der Waals surface area contributed by atoms with Crippen molar-refractivity contribution in [3.05, 3.63) is 44.6 Å². The van der Waals surface area contributed by atoms with Crippen LogP contribution in [0, 0.1) is 0 Å². The smallest absolute Gasteiger partial charge is 0.389 e. The molecule has 0 bridgehead atoms. The summed E-state index contributed by atoms with van der Waals surface area (Å²) in [6.07, 6.45) is -2.15. The molecule has 1 N–H and O–H groups in total. The summed E-state index contributed by atoms with van der Waals surface area (Å²) in [6, 6.07) is 5.94. The Balaban J connectivity index is 1.55. The molecule has 2 aromatic rings. The molecule has 1 atom stereocenters. The Morgan fingerprint density at radius 3 is 2.78 bits per heavy atom. The first-order valence-corrected chi connectivity index (χ1v) is 9.97. The highest BCUT2D eigenvalue weighted by Gasteiger charge is 2.32. The minimum absolute atomic E-state index is 0.0705. The van der Waals surface area contributed by atoms with Gasteiger partial charge in [-0.3, -0.25) is 4.90 Å². The molecule has 0 amide bonds. The number of aromatic hydroxyl groups is 1. The number of fused-ring (bicyclic) bond motifs is 4. The van der Waals surface area contributed by atoms with Gasteiger partial charge in [0.15, 0.2) is 11.5 Å². The lowest BCUT2D eigenvalue weighted by molar-refractivity contribution is -0.133. The van der Waals surface area contributed by atoms with Crippen LogP contribution in [0.3, 0.4) is 0 Å². The molecule has 0 saturated heterocycles. The first-order valence-electron chi connectivity index (χ1n) is 9.15. The fraction of sp³-hybridized carbons (Fsp3) is 0.500. The second kappa shape index (κ2) is 7.02. The Morgan fingerprint density at radius 1 is 1.22 bits per heavy atom. The molecule has 1 aromatic heterocycles. The molecule has 2 aliphatic heterocycles. The van der Waals surface area contributed by atoms with Crippen molar-refractivity contribution in [1.82, 2.24) is 4.90 Å². The molecule has 2 aliphatic rings. The van der Waals surface area contributed by atoms with E-state index in [1.807, 2.05) is 18.2 Å². The van der Waals surface area contributed by atoms with E-state index in [9.17, 15) is 18.3 Å². The summed E-state index contributed by atoms with van der Waals surface area (Å²) < 4.78 is 42.7. The standard InChI is InChI=1S/C20H22F3NO2S/c1-26-18-9-12-5-7-24-11-13-8-14(4-6-20(21,22)23)27-19(13)3-2-16(24)15(12)10-17(18)25/h8-10,16,25H,2-7,11H2,1H3/t16-/m0/s1. The van der Waals surface area contributed by atoms with E-state index in [0.717, 1.165) is 42.8 Å². The second-order valence-corrected chi connectivity index (χ2v) is 8.50. The van der Waals surface area contributed by atoms with Gasteiger partial charge in [-0.15, -0.1) is 11.3 Å². The number of thiophene rings is 1. The van der Waals surface area contributed by atoms with E-state index < -0.39 is 12.6 Å². The van der Waals surface area contributed by atoms with Gasteiger partial charge in [0.05, 0.1) is 7.11 Å². The number of aryl methyl sites for hydroxylation is 2. The van der Waals surface area contributed by atoms with Crippen LogP contribution in [0.4, 0.5) is 13.2 Å². The van der Waals surface area contributed by atoms with Crippen LogP contribution < -0.4 is 4.74 Å². The second-order valence-electron chi connectivity index (χ2n) is 7.27. The van der Waals surface area contributed by atoms with Gasteiger partial charge < -0.3 is 9.84 Å². The van der Waals surface area contributed by atoms with Gasteiger partial charge in [0, 0.05) is 35.3 Å². The minimum atomic E-state index is -4.11. The predicted octanol–water partition coefficient (Wildman–Crippen LogP) is 5.00. The van der Waals surface area contributed by atoms with E-state index >= 15 is 0 Å². The normalized spacial score (nSPS) is 19.8. The molecule has 27 heavy (non-hydrogen) atoms. The van der Waals surface area contributed by atoms with E-state index in [0.29, 0.717) is 5.75 Å². The molecule has 0 fully saturated rings. The average Bonchev–Trinajstić information content (AvgIpc) is 2.91. The number of phenolic OH excluding ortho intramolecular Hbond substituents is 1. The molecule has 1 aromatic carbocycles. The highest BCUT2D eigenvalue weighted by Crippen LogP contribution is 2.43. The van der Waals surface area contributed by atoms with Crippen LogP contribution in [0.25, 0.3) is 0 Å². The fourth-order valence-electron chi connectivity index (χ4n) is 4.21. The zero-order valence-corrected chi connectivity index (χ0v) is 15.9. The van der Waals surface area contributed by atoms with E-state index in [1.165, 1.54) is 27.3 Å². The van der Waals surface area contributed by atoms with Crippen molar-refractivity contribution >= 4 is 11.3 Å². The van der Waals surface area contributed by atoms with E-state index in [-0.39, 0.29) is 18.2 Å². The zero-order valence-electron chi connectivity index (χ0n) is 15.1. The van der Waals surface area contributed by atoms with Crippen LogP contribution in [0.5, 0.6) is 11.5 Å². The van der Waals surface area contributed by atoms with Crippen molar-refractivity contribution in [1.29, 1.82) is 0 Å². The summed E-state index contributed by atoms with van der Waals surface area (Å²) >= 11 is 1.53. The lowest BCUT2D eigenvalue weighted by Gasteiger charge is -2.36. The molecule has 3 nitrogen and oxygen atoms in total. The van der Waals surface area contributed by atoms with Crippen LogP contribution >= 0.6 is 11.3 Å². The topological polar surface area (TPSA) is 32.7 Å². The highest BCUT2D eigenvalue weighted by atomic mass is 32.1. The maximum Gasteiger partial charge on any atom is 0.389 e. The lowest BCUT2D eigenvalue weighted by atomic mass is 9.90. The first kappa shape index (κ1) is 18.6. The predicted molar refractivity (Wildman–Crippen MR) is 98.5 cm³/mol. The summed E-state index contributed by atoms with van der Waals surface area (Å²) in [5.41, 5.74) is 3.52. The van der Waals surface area contributed by atoms with Crippen molar-refractivity contribution in [2.45, 2.75) is 50.9 Å². The number of benzene rings is 1. The third-order valence-electron chi connectivity index (χ3n) is 5.53. The van der Waals surface area contributed by atoms with E-state index in [4.69, 9.17) is 4.74 Å². The number of ether oxygens (including phenoxy) is 1. The molecule has 4 rings (SSSR count). The van der Waals surface area contributed by atoms with Crippen molar-refractivity contribution < 1.29 is 23.0 Å². The number of halogens is 3. The summed E-state index contributed by atoms with van der Waals surface area (Å²) in [5, 5.41) is 10.2. The van der Waals surface area contributed by atoms with Crippen LogP contribution in [0.2, 0.25) is 0 Å². The van der Waals surface area contributed by atoms with Gasteiger partial charge in [0.2, 0.25) is 0 Å². The third kappa shape index (κ3) is 3.80. The number of phenols is 1. The summed E-state index contributed by atoms with van der Waals surface area (Å²) in [5.74, 6) is 0.663. The number of methoxy groups -OCH3 is 1. The number of hydrogen-bond acceptors (Lipinski definition) is 4. The van der Waals surface area contributed by atoms with Gasteiger partial charge in [-0.25, -0.2) is 0 Å². The van der Waals surface area contributed by atoms with Gasteiger partial charge in [0.1, 0.15) is 0 Å². The molecule has 7 heteroatoms. The minimum Gasteiger partial charge on any atom is -0.504 e. The molecule has 146 valence electrons. The Kier molecular flexibility index (Phi) is 4.84. The summed E-state index contributed by atoms with van der Waals surface area (Å²) in [6.45, 7) is 1.66. The fourth-order valence-corrected chi connectivity index (χ4v) is 5.41. The summed E-state index contributed by atoms with van der Waals surface area (Å²) in [7, 11) is 1.55. The molecule has 0 radical (unpaired) electrons. The molecule has 0 aliphatic carbocycles. The van der Waals surface area contributed by atoms with Gasteiger partial charge in [0.25, 0.3) is 0 Å². The van der Waals surface area contributed by atoms with Crippen LogP contribution in [0.15, 0.2) is 18.2 Å².